The molecule has 2 N–H and O–H groups in total. The lowest BCUT2D eigenvalue weighted by Crippen LogP contribution is -2.23. The summed E-state index contributed by atoms with van der Waals surface area (Å²) < 4.78 is 0. The molecule has 0 amide bonds. The summed E-state index contributed by atoms with van der Waals surface area (Å²) in [5.41, 5.74) is 10.2. The summed E-state index contributed by atoms with van der Waals surface area (Å²) in [5.74, 6) is 0.531. The Hall–Kier alpha value is -3.50. The van der Waals surface area contributed by atoms with E-state index in [1.165, 1.54) is 5.39 Å². The van der Waals surface area contributed by atoms with Crippen LogP contribution in [-0.2, 0) is 17.6 Å². The zero-order valence-corrected chi connectivity index (χ0v) is 17.5. The normalized spacial score (nSPS) is 16.0. The van der Waals surface area contributed by atoms with Crippen LogP contribution >= 0.6 is 11.6 Å². The Morgan fingerprint density at radius 3 is 2.61 bits per heavy atom. The molecule has 5 rings (SSSR count). The van der Waals surface area contributed by atoms with Gasteiger partial charge in [-0.1, -0.05) is 60.1 Å². The highest BCUT2D eigenvalue weighted by atomic mass is 35.5. The minimum atomic E-state index is -0.486. The number of nitrogens with zero attached hydrogens (tertiary/aromatic N) is 2. The Morgan fingerprint density at radius 2 is 1.81 bits per heavy atom. The van der Waals surface area contributed by atoms with Crippen molar-refractivity contribution in [3.63, 3.8) is 0 Å². The number of nitrogen functional groups attached to an aromatic ring is 1. The van der Waals surface area contributed by atoms with E-state index in [2.05, 4.69) is 35.3 Å². The first-order valence-corrected chi connectivity index (χ1v) is 10.5. The van der Waals surface area contributed by atoms with E-state index in [0.29, 0.717) is 23.7 Å². The molecule has 1 aliphatic rings. The Labute approximate surface area is 185 Å². The van der Waals surface area contributed by atoms with Gasteiger partial charge in [0.05, 0.1) is 5.71 Å². The molecule has 0 spiro atoms. The van der Waals surface area contributed by atoms with Crippen LogP contribution in [0, 0.1) is 0 Å². The van der Waals surface area contributed by atoms with E-state index in [1.54, 1.807) is 12.3 Å². The zero-order valence-electron chi connectivity index (χ0n) is 16.8. The number of carbonyl (C=O) groups excluding carboxylic acids is 1. The maximum atomic E-state index is 13.2. The Kier molecular flexibility index (Phi) is 5.00. The van der Waals surface area contributed by atoms with Crippen molar-refractivity contribution < 1.29 is 4.79 Å². The fourth-order valence-corrected chi connectivity index (χ4v) is 4.22. The second kappa shape index (κ2) is 7.97. The highest BCUT2D eigenvalue weighted by molar-refractivity contribution is 6.31. The van der Waals surface area contributed by atoms with Gasteiger partial charge in [0.15, 0.2) is 5.78 Å². The molecule has 4 aromatic rings. The van der Waals surface area contributed by atoms with Crippen LogP contribution in [0.4, 0.5) is 5.82 Å². The molecule has 31 heavy (non-hydrogen) atoms. The molecular weight excluding hydrogens is 406 g/mol. The third-order valence-electron chi connectivity index (χ3n) is 5.65. The Balaban J connectivity index is 1.59. The molecule has 152 valence electrons. The van der Waals surface area contributed by atoms with Crippen molar-refractivity contribution in [1.29, 1.82) is 0 Å². The molecule has 0 radical (unpaired) electrons. The first-order chi connectivity index (χ1) is 15.1. The van der Waals surface area contributed by atoms with Gasteiger partial charge in [0.1, 0.15) is 11.9 Å². The summed E-state index contributed by atoms with van der Waals surface area (Å²) >= 11 is 6.29. The maximum absolute atomic E-state index is 13.2. The topological polar surface area (TPSA) is 68.3 Å². The van der Waals surface area contributed by atoms with Crippen molar-refractivity contribution >= 4 is 39.7 Å². The van der Waals surface area contributed by atoms with Crippen LogP contribution < -0.4 is 5.73 Å². The van der Waals surface area contributed by atoms with Crippen molar-refractivity contribution in [3.05, 3.63) is 106 Å². The van der Waals surface area contributed by atoms with Gasteiger partial charge in [-0.05, 0) is 46.2 Å². The molecule has 0 saturated heterocycles. The molecule has 1 aromatic heterocycles. The number of aliphatic imine (C=N–C) groups is 1. The lowest BCUT2D eigenvalue weighted by Gasteiger charge is -2.12. The number of anilines is 1. The van der Waals surface area contributed by atoms with Crippen molar-refractivity contribution in [2.24, 2.45) is 4.99 Å². The largest absolute Gasteiger partial charge is 0.384 e. The molecule has 0 saturated carbocycles. The number of halogens is 1. The Bertz CT molecular complexity index is 1330. The highest BCUT2D eigenvalue weighted by Crippen LogP contribution is 2.26. The van der Waals surface area contributed by atoms with Gasteiger partial charge in [-0.15, -0.1) is 0 Å². The fraction of sp³-hybridized carbons (Fsp3) is 0.115. The molecule has 0 bridgehead atoms. The third kappa shape index (κ3) is 3.94. The summed E-state index contributed by atoms with van der Waals surface area (Å²) in [6.07, 6.45) is 2.55. The number of hydrogen-bond donors (Lipinski definition) is 1. The van der Waals surface area contributed by atoms with E-state index in [4.69, 9.17) is 22.3 Å². The second-order valence-corrected chi connectivity index (χ2v) is 8.23. The molecule has 5 heteroatoms. The van der Waals surface area contributed by atoms with Gasteiger partial charge in [-0.3, -0.25) is 9.79 Å². The van der Waals surface area contributed by atoms with E-state index < -0.39 is 6.04 Å². The van der Waals surface area contributed by atoms with Gasteiger partial charge >= 0.3 is 0 Å². The number of ketones is 1. The first-order valence-electron chi connectivity index (χ1n) is 10.2. The molecule has 3 aromatic carbocycles. The van der Waals surface area contributed by atoms with Crippen LogP contribution in [-0.4, -0.2) is 22.5 Å². The van der Waals surface area contributed by atoms with E-state index >= 15 is 0 Å². The quantitative estimate of drug-likeness (QED) is 0.499. The summed E-state index contributed by atoms with van der Waals surface area (Å²) in [6, 6.07) is 23.3. The highest BCUT2D eigenvalue weighted by Gasteiger charge is 2.26. The number of rotatable bonds is 3. The number of fused-ring (bicyclic) bond motifs is 2. The molecule has 1 unspecified atom stereocenters. The van der Waals surface area contributed by atoms with Crippen LogP contribution in [0.25, 0.3) is 10.8 Å². The van der Waals surface area contributed by atoms with E-state index in [9.17, 15) is 4.79 Å². The van der Waals surface area contributed by atoms with E-state index in [0.717, 1.165) is 33.4 Å². The number of aromatic nitrogens is 1. The summed E-state index contributed by atoms with van der Waals surface area (Å²) in [7, 11) is 0. The number of benzene rings is 3. The molecule has 4 nitrogen and oxygen atoms in total. The van der Waals surface area contributed by atoms with Gasteiger partial charge in [-0.25, -0.2) is 4.98 Å². The minimum absolute atomic E-state index is 0.0927. The van der Waals surface area contributed by atoms with E-state index in [-0.39, 0.29) is 5.78 Å². The number of carbonyl (C=O) groups is 1. The van der Waals surface area contributed by atoms with Crippen molar-refractivity contribution in [1.82, 2.24) is 4.98 Å². The fourth-order valence-electron chi connectivity index (χ4n) is 4.05. The lowest BCUT2D eigenvalue weighted by atomic mass is 9.95. The summed E-state index contributed by atoms with van der Waals surface area (Å²) in [4.78, 5) is 22.3. The molecule has 0 fully saturated rings. The van der Waals surface area contributed by atoms with Gasteiger partial charge < -0.3 is 5.73 Å². The SMILES string of the molecule is Nc1ccc(C2=NC(Cc3ccc4ccccc4c3)C(=O)Cc3ccc(Cl)cc32)cn1. The van der Waals surface area contributed by atoms with Crippen molar-refractivity contribution in [2.75, 3.05) is 5.73 Å². The van der Waals surface area contributed by atoms with Crippen LogP contribution in [0.5, 0.6) is 0 Å². The summed E-state index contributed by atoms with van der Waals surface area (Å²) in [5, 5.41) is 2.94. The maximum Gasteiger partial charge on any atom is 0.162 e. The first kappa shape index (κ1) is 19.5. The van der Waals surface area contributed by atoms with Crippen LogP contribution in [0.15, 0.2) is 84.0 Å². The number of Topliss-reactive ketones (excluding diaryl/α,β-unsaturated/α-hetero) is 1. The average molecular weight is 426 g/mol. The van der Waals surface area contributed by atoms with Gasteiger partial charge in [0, 0.05) is 35.2 Å². The van der Waals surface area contributed by atoms with Crippen molar-refractivity contribution in [2.45, 2.75) is 18.9 Å². The molecule has 0 aliphatic carbocycles. The smallest absolute Gasteiger partial charge is 0.162 e. The predicted octanol–water partition coefficient (Wildman–Crippen LogP) is 5.04. The lowest BCUT2D eigenvalue weighted by molar-refractivity contribution is -0.119. The second-order valence-electron chi connectivity index (χ2n) is 7.80. The minimum Gasteiger partial charge on any atom is -0.384 e. The van der Waals surface area contributed by atoms with Gasteiger partial charge in [0.2, 0.25) is 0 Å². The molecular formula is C26H20ClN3O. The van der Waals surface area contributed by atoms with Gasteiger partial charge in [-0.2, -0.15) is 0 Å². The van der Waals surface area contributed by atoms with Crippen LogP contribution in [0.1, 0.15) is 22.3 Å². The summed E-state index contributed by atoms with van der Waals surface area (Å²) in [6.45, 7) is 0. The van der Waals surface area contributed by atoms with Crippen molar-refractivity contribution in [3.8, 4) is 0 Å². The number of nitrogens with two attached hydrogens (primary N) is 1. The molecule has 1 atom stereocenters. The van der Waals surface area contributed by atoms with E-state index in [1.807, 2.05) is 36.4 Å². The third-order valence-corrected chi connectivity index (χ3v) is 5.89. The molecule has 1 aliphatic heterocycles. The van der Waals surface area contributed by atoms with Crippen LogP contribution in [0.3, 0.4) is 0 Å². The molecule has 2 heterocycles. The number of hydrogen-bond acceptors (Lipinski definition) is 4. The van der Waals surface area contributed by atoms with Gasteiger partial charge in [0.25, 0.3) is 0 Å². The Morgan fingerprint density at radius 1 is 0.968 bits per heavy atom. The monoisotopic (exact) mass is 425 g/mol. The number of pyridine rings is 1. The van der Waals surface area contributed by atoms with Crippen LogP contribution in [0.2, 0.25) is 5.02 Å². The zero-order chi connectivity index (χ0) is 21.4. The standard InChI is InChI=1S/C26H20ClN3O/c27-21-9-7-19-13-24(31)23(12-16-5-6-17-3-1-2-4-18(17)11-16)30-26(22(19)14-21)20-8-10-25(28)29-15-20/h1-11,14-15,23H,12-13H2,(H2,28,29). The average Bonchev–Trinajstić information content (AvgIpc) is 2.91. The predicted molar refractivity (Wildman–Crippen MR) is 126 cm³/mol.